The van der Waals surface area contributed by atoms with Gasteiger partial charge in [0.05, 0.1) is 30.2 Å². The van der Waals surface area contributed by atoms with Gasteiger partial charge in [0.15, 0.2) is 6.29 Å². The molecule has 0 aromatic heterocycles. The van der Waals surface area contributed by atoms with Crippen molar-refractivity contribution in [3.63, 3.8) is 0 Å². The standard InChI is InChI=1S/C42H43N3O5S/c43-37-12-4-5-13-38(37)45-41(48)15-7-14-40(47)44-26-30-8-6-9-34(24-30)31-20-22-33(23-21-31)42-49-35(28-51-36-10-2-1-3-11-36)25-39(50-42)32-18-16-29(27-46)17-19-32/h1-6,8-13,16-24,35,39,42,46H,7,14-15,25-28,43H2,(H,44,47)(H,45,48). The van der Waals surface area contributed by atoms with Gasteiger partial charge in [0.1, 0.15) is 0 Å². The first-order chi connectivity index (χ1) is 24.9. The van der Waals surface area contributed by atoms with Crippen LogP contribution >= 0.6 is 11.8 Å². The number of nitrogens with two attached hydrogens (primary N) is 1. The van der Waals surface area contributed by atoms with E-state index in [0.717, 1.165) is 45.6 Å². The van der Waals surface area contributed by atoms with Gasteiger partial charge < -0.3 is 30.9 Å². The van der Waals surface area contributed by atoms with Gasteiger partial charge >= 0.3 is 0 Å². The van der Waals surface area contributed by atoms with Crippen molar-refractivity contribution in [2.24, 2.45) is 0 Å². The number of carbonyl (C=O) groups is 2. The summed E-state index contributed by atoms with van der Waals surface area (Å²) in [6, 6.07) is 41.7. The molecule has 1 saturated heterocycles. The lowest BCUT2D eigenvalue weighted by atomic mass is 9.99. The van der Waals surface area contributed by atoms with Gasteiger partial charge in [-0.1, -0.05) is 97.1 Å². The zero-order valence-corrected chi connectivity index (χ0v) is 29.2. The van der Waals surface area contributed by atoms with Crippen LogP contribution in [0.1, 0.15) is 60.3 Å². The smallest absolute Gasteiger partial charge is 0.224 e. The SMILES string of the molecule is Nc1ccccc1NC(=O)CCCC(=O)NCc1cccc(-c2ccc(C3OC(CSc4ccccc4)CC(c4ccc(CO)cc4)O3)cc2)c1. The van der Waals surface area contributed by atoms with Crippen molar-refractivity contribution >= 4 is 35.0 Å². The Morgan fingerprint density at radius 1 is 0.745 bits per heavy atom. The Hall–Kier alpha value is -4.93. The van der Waals surface area contributed by atoms with E-state index in [1.165, 1.54) is 4.90 Å². The number of nitrogens with one attached hydrogen (secondary N) is 2. The molecule has 0 radical (unpaired) electrons. The van der Waals surface area contributed by atoms with E-state index in [0.29, 0.717) is 24.3 Å². The van der Waals surface area contributed by atoms with E-state index >= 15 is 0 Å². The maximum Gasteiger partial charge on any atom is 0.224 e. The average molecular weight is 702 g/mol. The molecule has 1 fully saturated rings. The first kappa shape index (κ1) is 35.9. The Kier molecular flexibility index (Phi) is 12.5. The van der Waals surface area contributed by atoms with Crippen molar-refractivity contribution in [2.45, 2.75) is 62.2 Å². The molecule has 3 atom stereocenters. The van der Waals surface area contributed by atoms with Crippen LogP contribution in [-0.4, -0.2) is 28.8 Å². The Morgan fingerprint density at radius 2 is 1.47 bits per heavy atom. The number of amides is 2. The minimum atomic E-state index is -0.527. The van der Waals surface area contributed by atoms with Crippen molar-refractivity contribution < 1.29 is 24.2 Å². The number of aliphatic hydroxyl groups is 1. The number of ether oxygens (including phenoxy) is 2. The molecule has 262 valence electrons. The summed E-state index contributed by atoms with van der Waals surface area (Å²) in [5, 5.41) is 15.3. The Labute approximate surface area is 303 Å². The van der Waals surface area contributed by atoms with Crippen molar-refractivity contribution in [3.8, 4) is 11.1 Å². The van der Waals surface area contributed by atoms with Crippen LogP contribution in [0.5, 0.6) is 0 Å². The van der Waals surface area contributed by atoms with E-state index in [9.17, 15) is 14.7 Å². The molecule has 8 nitrogen and oxygen atoms in total. The fourth-order valence-corrected chi connectivity index (χ4v) is 6.89. The molecular formula is C42H43N3O5S. The van der Waals surface area contributed by atoms with Gasteiger partial charge in [-0.05, 0) is 64.6 Å². The quantitative estimate of drug-likeness (QED) is 0.0680. The van der Waals surface area contributed by atoms with E-state index in [1.54, 1.807) is 23.9 Å². The van der Waals surface area contributed by atoms with Gasteiger partial charge in [0, 0.05) is 42.0 Å². The molecule has 5 N–H and O–H groups in total. The highest BCUT2D eigenvalue weighted by atomic mass is 32.2. The second-order valence-electron chi connectivity index (χ2n) is 12.6. The molecule has 1 aliphatic rings. The molecule has 1 aliphatic heterocycles. The number of hydrogen-bond acceptors (Lipinski definition) is 7. The Bertz CT molecular complexity index is 1890. The zero-order valence-electron chi connectivity index (χ0n) is 28.4. The Balaban J connectivity index is 1.04. The number of hydrogen-bond donors (Lipinski definition) is 4. The van der Waals surface area contributed by atoms with Crippen LogP contribution in [0.15, 0.2) is 132 Å². The fraction of sp³-hybridized carbons (Fsp3) is 0.238. The molecule has 0 spiro atoms. The highest BCUT2D eigenvalue weighted by Crippen LogP contribution is 2.40. The monoisotopic (exact) mass is 701 g/mol. The van der Waals surface area contributed by atoms with E-state index in [4.69, 9.17) is 15.2 Å². The summed E-state index contributed by atoms with van der Waals surface area (Å²) in [4.78, 5) is 26.0. The summed E-state index contributed by atoms with van der Waals surface area (Å²) in [6.07, 6.45) is 0.967. The lowest BCUT2D eigenvalue weighted by Gasteiger charge is -2.36. The summed E-state index contributed by atoms with van der Waals surface area (Å²) < 4.78 is 13.1. The number of rotatable bonds is 14. The van der Waals surface area contributed by atoms with Gasteiger partial charge in [-0.3, -0.25) is 9.59 Å². The highest BCUT2D eigenvalue weighted by molar-refractivity contribution is 7.99. The van der Waals surface area contributed by atoms with Crippen LogP contribution in [0.25, 0.3) is 11.1 Å². The summed E-state index contributed by atoms with van der Waals surface area (Å²) in [7, 11) is 0. The molecule has 5 aromatic carbocycles. The lowest BCUT2D eigenvalue weighted by molar-refractivity contribution is -0.245. The number of para-hydroxylation sites is 2. The minimum absolute atomic E-state index is 0.00572. The second kappa shape index (κ2) is 17.8. The molecule has 3 unspecified atom stereocenters. The summed E-state index contributed by atoms with van der Waals surface area (Å²) >= 11 is 1.78. The number of carbonyl (C=O) groups excluding carboxylic acids is 2. The van der Waals surface area contributed by atoms with Crippen molar-refractivity contribution in [1.29, 1.82) is 0 Å². The number of anilines is 2. The van der Waals surface area contributed by atoms with Crippen LogP contribution < -0.4 is 16.4 Å². The molecule has 1 heterocycles. The van der Waals surface area contributed by atoms with E-state index < -0.39 is 6.29 Å². The maximum absolute atomic E-state index is 12.5. The van der Waals surface area contributed by atoms with Gasteiger partial charge in [-0.15, -0.1) is 11.8 Å². The summed E-state index contributed by atoms with van der Waals surface area (Å²) in [5.74, 6) is 0.527. The number of benzene rings is 5. The molecule has 6 rings (SSSR count). The summed E-state index contributed by atoms with van der Waals surface area (Å²) in [5.41, 5.74) is 12.9. The molecule has 5 aromatic rings. The van der Waals surface area contributed by atoms with Crippen molar-refractivity contribution in [2.75, 3.05) is 16.8 Å². The van der Waals surface area contributed by atoms with Gasteiger partial charge in [-0.2, -0.15) is 0 Å². The predicted molar refractivity (Wildman–Crippen MR) is 203 cm³/mol. The van der Waals surface area contributed by atoms with E-state index in [2.05, 4.69) is 59.2 Å². The lowest BCUT2D eigenvalue weighted by Crippen LogP contribution is -2.31. The van der Waals surface area contributed by atoms with Crippen molar-refractivity contribution in [1.82, 2.24) is 5.32 Å². The first-order valence-electron chi connectivity index (χ1n) is 17.2. The number of thioether (sulfide) groups is 1. The topological polar surface area (TPSA) is 123 Å². The second-order valence-corrected chi connectivity index (χ2v) is 13.7. The molecule has 0 aliphatic carbocycles. The molecule has 9 heteroatoms. The third-order valence-corrected chi connectivity index (χ3v) is 9.91. The van der Waals surface area contributed by atoms with Gasteiger partial charge in [-0.25, -0.2) is 0 Å². The predicted octanol–water partition coefficient (Wildman–Crippen LogP) is 8.19. The molecule has 2 amide bonds. The highest BCUT2D eigenvalue weighted by Gasteiger charge is 2.32. The van der Waals surface area contributed by atoms with E-state index in [1.807, 2.05) is 66.7 Å². The Morgan fingerprint density at radius 3 is 2.24 bits per heavy atom. The molecule has 0 bridgehead atoms. The third kappa shape index (κ3) is 10.3. The van der Waals surface area contributed by atoms with E-state index in [-0.39, 0.29) is 43.5 Å². The molecular weight excluding hydrogens is 659 g/mol. The molecule has 51 heavy (non-hydrogen) atoms. The van der Waals surface area contributed by atoms with Crippen LogP contribution in [0, 0.1) is 0 Å². The largest absolute Gasteiger partial charge is 0.397 e. The van der Waals surface area contributed by atoms with Crippen molar-refractivity contribution in [3.05, 3.63) is 150 Å². The minimum Gasteiger partial charge on any atom is -0.397 e. The van der Waals surface area contributed by atoms with Crippen LogP contribution in [0.3, 0.4) is 0 Å². The third-order valence-electron chi connectivity index (χ3n) is 8.77. The number of nitrogen functional groups attached to an aromatic ring is 1. The zero-order chi connectivity index (χ0) is 35.4. The maximum atomic E-state index is 12.5. The van der Waals surface area contributed by atoms with Crippen LogP contribution in [0.2, 0.25) is 0 Å². The van der Waals surface area contributed by atoms with Gasteiger partial charge in [0.2, 0.25) is 11.8 Å². The fourth-order valence-electron chi connectivity index (χ4n) is 5.94. The number of aliphatic hydroxyl groups excluding tert-OH is 1. The van der Waals surface area contributed by atoms with Gasteiger partial charge in [0.25, 0.3) is 0 Å². The first-order valence-corrected chi connectivity index (χ1v) is 18.2. The average Bonchev–Trinajstić information content (AvgIpc) is 3.17. The van der Waals surface area contributed by atoms with Crippen LogP contribution in [-0.2, 0) is 32.2 Å². The molecule has 0 saturated carbocycles. The summed E-state index contributed by atoms with van der Waals surface area (Å²) in [6.45, 7) is 0.399. The normalized spacial score (nSPS) is 17.1. The van der Waals surface area contributed by atoms with Crippen LogP contribution in [0.4, 0.5) is 11.4 Å².